The predicted octanol–water partition coefficient (Wildman–Crippen LogP) is 6.99. The number of aromatic amines is 1. The Hall–Kier alpha value is -3.81. The topological polar surface area (TPSA) is 134 Å². The number of nitrogens with one attached hydrogen (secondary N) is 1. The molecule has 0 aromatic carbocycles. The zero-order valence-electron chi connectivity index (χ0n) is 25.5. The molecule has 2 aliphatic rings. The number of nitrogens with zero attached hydrogens (tertiary/aromatic N) is 5. The fourth-order valence-corrected chi connectivity index (χ4v) is 9.19. The van der Waals surface area contributed by atoms with E-state index in [0.717, 1.165) is 43.9 Å². The van der Waals surface area contributed by atoms with E-state index in [1.165, 1.54) is 61.5 Å². The van der Waals surface area contributed by atoms with E-state index in [4.69, 9.17) is 21.1 Å². The highest BCUT2D eigenvalue weighted by Gasteiger charge is 2.23. The monoisotopic (exact) mass is 680 g/mol. The summed E-state index contributed by atoms with van der Waals surface area (Å²) in [5.74, 6) is 1.06. The summed E-state index contributed by atoms with van der Waals surface area (Å²) < 4.78 is 15.5. The number of ether oxygens (including phenoxy) is 2. The molecule has 1 N–H and O–H groups in total. The van der Waals surface area contributed by atoms with Gasteiger partial charge in [0.05, 0.1) is 37.6 Å². The Morgan fingerprint density at radius 2 is 1.28 bits per heavy atom. The maximum absolute atomic E-state index is 12.9. The first-order chi connectivity index (χ1) is 22.4. The number of halogens is 1. The number of pyridine rings is 2. The van der Waals surface area contributed by atoms with Gasteiger partial charge in [0, 0.05) is 24.2 Å². The SMILES string of the molecule is COc1cc(=O)[nH]c2sc3c(=O)n(C4CCCCC4)cnc3c12.COc1cc(Cl)nc2sc3c(=O)n(C4CCCCC4)cnc3c12. The standard InChI is InChI=1S/C16H16ClN3O2S.C16H17N3O3S/c1-22-10-7-11(17)19-15-12(10)13-14(23-15)16(21)20(8-18-13)9-5-3-2-4-6-9;1-22-10-7-11(20)18-15-12(10)13-14(23-15)16(21)19(8-17-13)9-5-3-2-4-6-9/h7-9H,2-6H2,1H3;7-9H,2-6H2,1H3,(H,18,20). The summed E-state index contributed by atoms with van der Waals surface area (Å²) >= 11 is 8.65. The smallest absolute Gasteiger partial charge is 0.271 e. The van der Waals surface area contributed by atoms with Gasteiger partial charge in [0.25, 0.3) is 16.7 Å². The molecule has 0 spiro atoms. The first kappa shape index (κ1) is 30.8. The molecule has 46 heavy (non-hydrogen) atoms. The summed E-state index contributed by atoms with van der Waals surface area (Å²) in [4.78, 5) is 55.0. The summed E-state index contributed by atoms with van der Waals surface area (Å²) in [5, 5.41) is 1.83. The maximum Gasteiger partial charge on any atom is 0.271 e. The number of aromatic nitrogens is 6. The van der Waals surface area contributed by atoms with Crippen molar-refractivity contribution in [3.05, 3.63) is 61.0 Å². The normalized spacial score (nSPS) is 16.2. The Morgan fingerprint density at radius 3 is 1.85 bits per heavy atom. The van der Waals surface area contributed by atoms with Crippen molar-refractivity contribution < 1.29 is 9.47 Å². The van der Waals surface area contributed by atoms with E-state index in [1.807, 2.05) is 0 Å². The van der Waals surface area contributed by atoms with Gasteiger partial charge in [0.15, 0.2) is 0 Å². The van der Waals surface area contributed by atoms with Crippen molar-refractivity contribution in [1.82, 2.24) is 29.1 Å². The Kier molecular flexibility index (Phi) is 8.55. The second-order valence-corrected chi connectivity index (χ2v) is 14.2. The molecule has 14 heteroatoms. The lowest BCUT2D eigenvalue weighted by atomic mass is 9.95. The van der Waals surface area contributed by atoms with Crippen LogP contribution in [0, 0.1) is 0 Å². The summed E-state index contributed by atoms with van der Waals surface area (Å²) in [6, 6.07) is 3.55. The molecule has 0 aliphatic heterocycles. The minimum atomic E-state index is -0.242. The molecular weight excluding hydrogens is 648 g/mol. The van der Waals surface area contributed by atoms with Crippen LogP contribution in [0.1, 0.15) is 76.3 Å². The quantitative estimate of drug-likeness (QED) is 0.197. The van der Waals surface area contributed by atoms with Crippen molar-refractivity contribution in [3.8, 4) is 11.5 Å². The van der Waals surface area contributed by atoms with Crippen LogP contribution in [0.2, 0.25) is 5.15 Å². The third-order valence-electron chi connectivity index (χ3n) is 9.05. The van der Waals surface area contributed by atoms with Crippen molar-refractivity contribution >= 4 is 75.1 Å². The first-order valence-corrected chi connectivity index (χ1v) is 17.5. The molecule has 0 bridgehead atoms. The molecule has 6 heterocycles. The molecule has 0 atom stereocenters. The Balaban J connectivity index is 0.000000147. The lowest BCUT2D eigenvalue weighted by molar-refractivity contribution is 0.345. The van der Waals surface area contributed by atoms with Crippen LogP contribution in [0.5, 0.6) is 11.5 Å². The molecule has 2 fully saturated rings. The molecule has 11 nitrogen and oxygen atoms in total. The molecule has 6 aromatic rings. The number of rotatable bonds is 4. The van der Waals surface area contributed by atoms with E-state index < -0.39 is 0 Å². The van der Waals surface area contributed by atoms with Crippen LogP contribution in [0.15, 0.2) is 39.2 Å². The minimum absolute atomic E-state index is 0.0167. The Labute approximate surface area is 275 Å². The number of methoxy groups -OCH3 is 2. The number of H-pyrrole nitrogens is 1. The van der Waals surface area contributed by atoms with Gasteiger partial charge in [-0.1, -0.05) is 50.1 Å². The van der Waals surface area contributed by atoms with Crippen LogP contribution in [0.4, 0.5) is 0 Å². The Bertz CT molecular complexity index is 2260. The van der Waals surface area contributed by atoms with Crippen LogP contribution in [-0.2, 0) is 0 Å². The molecule has 0 unspecified atom stereocenters. The van der Waals surface area contributed by atoms with Gasteiger partial charge in [-0.3, -0.25) is 23.5 Å². The van der Waals surface area contributed by atoms with Gasteiger partial charge in [-0.25, -0.2) is 15.0 Å². The molecule has 8 rings (SSSR count). The van der Waals surface area contributed by atoms with Gasteiger partial charge in [0.2, 0.25) is 0 Å². The van der Waals surface area contributed by atoms with E-state index in [0.29, 0.717) is 52.1 Å². The third-order valence-corrected chi connectivity index (χ3v) is 11.4. The summed E-state index contributed by atoms with van der Waals surface area (Å²) in [5.41, 5.74) is 1.01. The number of fused-ring (bicyclic) bond motifs is 6. The fourth-order valence-electron chi connectivity index (χ4n) is 6.78. The average molecular weight is 681 g/mol. The fraction of sp³-hybridized carbons (Fsp3) is 0.438. The van der Waals surface area contributed by atoms with E-state index in [9.17, 15) is 14.4 Å². The van der Waals surface area contributed by atoms with Crippen LogP contribution < -0.4 is 26.2 Å². The summed E-state index contributed by atoms with van der Waals surface area (Å²) in [6.07, 6.45) is 14.6. The van der Waals surface area contributed by atoms with Gasteiger partial charge in [-0.05, 0) is 25.7 Å². The van der Waals surface area contributed by atoms with E-state index in [2.05, 4.69) is 19.9 Å². The molecule has 0 saturated heterocycles. The lowest BCUT2D eigenvalue weighted by Crippen LogP contribution is -2.26. The van der Waals surface area contributed by atoms with Gasteiger partial charge >= 0.3 is 0 Å². The van der Waals surface area contributed by atoms with Crippen LogP contribution in [-0.4, -0.2) is 43.3 Å². The highest BCUT2D eigenvalue weighted by atomic mass is 35.5. The van der Waals surface area contributed by atoms with E-state index in [1.54, 1.807) is 35.0 Å². The Morgan fingerprint density at radius 1 is 0.761 bits per heavy atom. The second-order valence-electron chi connectivity index (χ2n) is 11.8. The summed E-state index contributed by atoms with van der Waals surface area (Å²) in [7, 11) is 3.10. The molecule has 2 aliphatic carbocycles. The summed E-state index contributed by atoms with van der Waals surface area (Å²) in [6.45, 7) is 0. The zero-order valence-corrected chi connectivity index (χ0v) is 27.9. The molecular formula is C32H33ClN6O5S2. The molecule has 2 saturated carbocycles. The predicted molar refractivity (Wildman–Crippen MR) is 184 cm³/mol. The van der Waals surface area contributed by atoms with Crippen LogP contribution in [0.25, 0.3) is 40.9 Å². The van der Waals surface area contributed by atoms with Crippen molar-refractivity contribution in [2.24, 2.45) is 0 Å². The molecule has 0 radical (unpaired) electrons. The van der Waals surface area contributed by atoms with Crippen LogP contribution >= 0.6 is 34.3 Å². The molecule has 6 aromatic heterocycles. The van der Waals surface area contributed by atoms with Crippen molar-refractivity contribution in [2.75, 3.05) is 14.2 Å². The average Bonchev–Trinajstić information content (AvgIpc) is 3.64. The first-order valence-electron chi connectivity index (χ1n) is 15.5. The zero-order chi connectivity index (χ0) is 31.9. The van der Waals surface area contributed by atoms with Gasteiger partial charge in [-0.2, -0.15) is 0 Å². The van der Waals surface area contributed by atoms with Crippen molar-refractivity contribution in [1.29, 1.82) is 0 Å². The second kappa shape index (κ2) is 12.8. The highest BCUT2D eigenvalue weighted by Crippen LogP contribution is 2.38. The van der Waals surface area contributed by atoms with Crippen molar-refractivity contribution in [3.63, 3.8) is 0 Å². The third kappa shape index (κ3) is 5.47. The van der Waals surface area contributed by atoms with E-state index in [-0.39, 0.29) is 28.8 Å². The number of thiophene rings is 2. The maximum atomic E-state index is 12.9. The minimum Gasteiger partial charge on any atom is -0.496 e. The van der Waals surface area contributed by atoms with Crippen LogP contribution in [0.3, 0.4) is 0 Å². The van der Waals surface area contributed by atoms with Crippen molar-refractivity contribution in [2.45, 2.75) is 76.3 Å². The van der Waals surface area contributed by atoms with Gasteiger partial charge in [-0.15, -0.1) is 22.7 Å². The lowest BCUT2D eigenvalue weighted by Gasteiger charge is -2.23. The number of hydrogen-bond donors (Lipinski definition) is 1. The van der Waals surface area contributed by atoms with E-state index >= 15 is 0 Å². The van der Waals surface area contributed by atoms with Gasteiger partial charge < -0.3 is 14.5 Å². The van der Waals surface area contributed by atoms with Gasteiger partial charge in [0.1, 0.15) is 46.7 Å². The highest BCUT2D eigenvalue weighted by molar-refractivity contribution is 7.25. The molecule has 0 amide bonds. The number of hydrogen-bond acceptors (Lipinski definition) is 10. The molecule has 240 valence electrons. The largest absolute Gasteiger partial charge is 0.496 e.